The minimum Gasteiger partial charge on any atom is -0.366 e. The van der Waals surface area contributed by atoms with Gasteiger partial charge in [-0.15, -0.1) is 0 Å². The second-order valence-corrected chi connectivity index (χ2v) is 6.23. The average Bonchev–Trinajstić information content (AvgIpc) is 2.46. The molecule has 114 valence electrons. The molecule has 1 aliphatic carbocycles. The molecule has 1 aromatic rings. The predicted octanol–water partition coefficient (Wildman–Crippen LogP) is 2.29. The molecule has 1 saturated heterocycles. The second kappa shape index (κ2) is 6.77. The predicted molar refractivity (Wildman–Crippen MR) is 82.3 cm³/mol. The highest BCUT2D eigenvalue weighted by molar-refractivity contribution is 6.30. The zero-order chi connectivity index (χ0) is 14.7. The van der Waals surface area contributed by atoms with E-state index in [9.17, 15) is 4.79 Å². The van der Waals surface area contributed by atoms with Gasteiger partial charge in [0.15, 0.2) is 0 Å². The summed E-state index contributed by atoms with van der Waals surface area (Å²) in [4.78, 5) is 12.4. The lowest BCUT2D eigenvalue weighted by molar-refractivity contribution is -0.135. The van der Waals surface area contributed by atoms with Gasteiger partial charge in [0, 0.05) is 18.1 Å². The summed E-state index contributed by atoms with van der Waals surface area (Å²) in [6.45, 7) is 1.99. The largest absolute Gasteiger partial charge is 0.366 e. The maximum atomic E-state index is 12.4. The molecule has 1 heterocycles. The zero-order valence-corrected chi connectivity index (χ0v) is 12.7. The Balaban J connectivity index is 1.70. The Morgan fingerprint density at radius 3 is 2.67 bits per heavy atom. The standard InChI is InChI=1S/C16H21ClN2O2/c17-13-6-4-12(5-7-13)15(11-2-1-3-11)19-16(20)14-10-18-8-9-21-14/h4-7,11,14-15,18H,1-3,8-10H2,(H,19,20). The van der Waals surface area contributed by atoms with Gasteiger partial charge in [-0.1, -0.05) is 30.2 Å². The van der Waals surface area contributed by atoms with Gasteiger partial charge in [0.2, 0.25) is 0 Å². The van der Waals surface area contributed by atoms with Crippen LogP contribution in [0.2, 0.25) is 5.02 Å². The van der Waals surface area contributed by atoms with E-state index in [2.05, 4.69) is 10.6 Å². The van der Waals surface area contributed by atoms with E-state index in [1.165, 1.54) is 6.42 Å². The summed E-state index contributed by atoms with van der Waals surface area (Å²) in [6.07, 6.45) is 3.19. The summed E-state index contributed by atoms with van der Waals surface area (Å²) in [7, 11) is 0. The van der Waals surface area contributed by atoms with Crippen molar-refractivity contribution in [3.63, 3.8) is 0 Å². The van der Waals surface area contributed by atoms with Crippen LogP contribution in [0.1, 0.15) is 30.9 Å². The van der Waals surface area contributed by atoms with Crippen LogP contribution >= 0.6 is 11.6 Å². The quantitative estimate of drug-likeness (QED) is 0.897. The number of carbonyl (C=O) groups excluding carboxylic acids is 1. The van der Waals surface area contributed by atoms with Crippen molar-refractivity contribution in [3.8, 4) is 0 Å². The summed E-state index contributed by atoms with van der Waals surface area (Å²) in [5.74, 6) is 0.501. The van der Waals surface area contributed by atoms with Crippen LogP contribution in [0.4, 0.5) is 0 Å². The van der Waals surface area contributed by atoms with Crippen molar-refractivity contribution in [2.75, 3.05) is 19.7 Å². The summed E-state index contributed by atoms with van der Waals surface area (Å²) in [5, 5.41) is 7.09. The molecule has 0 bridgehead atoms. The average molecular weight is 309 g/mol. The van der Waals surface area contributed by atoms with Crippen molar-refractivity contribution < 1.29 is 9.53 Å². The Bertz CT molecular complexity index is 482. The molecule has 2 unspecified atom stereocenters. The summed E-state index contributed by atoms with van der Waals surface area (Å²) in [5.41, 5.74) is 1.13. The van der Waals surface area contributed by atoms with E-state index >= 15 is 0 Å². The van der Waals surface area contributed by atoms with Gasteiger partial charge in [-0.3, -0.25) is 4.79 Å². The lowest BCUT2D eigenvalue weighted by Gasteiger charge is -2.36. The lowest BCUT2D eigenvalue weighted by Crippen LogP contribution is -2.49. The summed E-state index contributed by atoms with van der Waals surface area (Å²) >= 11 is 5.96. The molecule has 2 atom stereocenters. The number of nitrogens with one attached hydrogen (secondary N) is 2. The topological polar surface area (TPSA) is 50.4 Å². The van der Waals surface area contributed by atoms with Gasteiger partial charge in [-0.2, -0.15) is 0 Å². The van der Waals surface area contributed by atoms with Crippen LogP contribution in [0.5, 0.6) is 0 Å². The fraction of sp³-hybridized carbons (Fsp3) is 0.562. The molecule has 1 saturated carbocycles. The summed E-state index contributed by atoms with van der Waals surface area (Å²) in [6, 6.07) is 7.84. The normalized spacial score (nSPS) is 24.1. The first-order valence-electron chi connectivity index (χ1n) is 7.62. The number of ether oxygens (including phenoxy) is 1. The van der Waals surface area contributed by atoms with Crippen molar-refractivity contribution in [2.45, 2.75) is 31.4 Å². The Morgan fingerprint density at radius 2 is 2.10 bits per heavy atom. The highest BCUT2D eigenvalue weighted by Crippen LogP contribution is 2.38. The Kier molecular flexibility index (Phi) is 4.78. The number of amides is 1. The van der Waals surface area contributed by atoms with Gasteiger partial charge >= 0.3 is 0 Å². The van der Waals surface area contributed by atoms with Crippen LogP contribution < -0.4 is 10.6 Å². The fourth-order valence-electron chi connectivity index (χ4n) is 2.90. The van der Waals surface area contributed by atoms with Gasteiger partial charge in [0.05, 0.1) is 12.6 Å². The third-order valence-electron chi connectivity index (χ3n) is 4.37. The van der Waals surface area contributed by atoms with Crippen LogP contribution in [0.3, 0.4) is 0 Å². The lowest BCUT2D eigenvalue weighted by atomic mass is 9.77. The van der Waals surface area contributed by atoms with Crippen LogP contribution in [0.25, 0.3) is 0 Å². The number of hydrogen-bond acceptors (Lipinski definition) is 3. The molecule has 2 N–H and O–H groups in total. The van der Waals surface area contributed by atoms with Gasteiger partial charge in [-0.05, 0) is 36.5 Å². The van der Waals surface area contributed by atoms with Crippen LogP contribution in [0.15, 0.2) is 24.3 Å². The minimum absolute atomic E-state index is 0.0194. The van der Waals surface area contributed by atoms with Crippen molar-refractivity contribution in [1.29, 1.82) is 0 Å². The van der Waals surface area contributed by atoms with Crippen LogP contribution in [-0.4, -0.2) is 31.7 Å². The smallest absolute Gasteiger partial charge is 0.250 e. The fourth-order valence-corrected chi connectivity index (χ4v) is 3.02. The number of rotatable bonds is 4. The van der Waals surface area contributed by atoms with Gasteiger partial charge in [0.25, 0.3) is 5.91 Å². The highest BCUT2D eigenvalue weighted by Gasteiger charge is 2.32. The van der Waals surface area contributed by atoms with E-state index < -0.39 is 0 Å². The Labute approximate surface area is 130 Å². The minimum atomic E-state index is -0.381. The van der Waals surface area contributed by atoms with Gasteiger partial charge in [-0.25, -0.2) is 0 Å². The van der Waals surface area contributed by atoms with E-state index in [-0.39, 0.29) is 18.1 Å². The molecule has 1 aliphatic heterocycles. The van der Waals surface area contributed by atoms with Crippen molar-refractivity contribution in [3.05, 3.63) is 34.9 Å². The SMILES string of the molecule is O=C(NC(c1ccc(Cl)cc1)C1CCC1)C1CNCCO1. The number of morpholine rings is 1. The molecule has 3 rings (SSSR count). The molecule has 0 spiro atoms. The molecular formula is C16H21ClN2O2. The van der Waals surface area contributed by atoms with E-state index in [4.69, 9.17) is 16.3 Å². The molecule has 21 heavy (non-hydrogen) atoms. The van der Waals surface area contributed by atoms with E-state index in [0.717, 1.165) is 30.0 Å². The highest BCUT2D eigenvalue weighted by atomic mass is 35.5. The third-order valence-corrected chi connectivity index (χ3v) is 4.62. The second-order valence-electron chi connectivity index (χ2n) is 5.79. The first kappa shape index (κ1) is 14.8. The third kappa shape index (κ3) is 3.57. The molecule has 4 nitrogen and oxygen atoms in total. The molecule has 1 aromatic carbocycles. The van der Waals surface area contributed by atoms with Gasteiger partial charge in [0.1, 0.15) is 6.10 Å². The first-order valence-corrected chi connectivity index (χ1v) is 8.00. The molecule has 0 radical (unpaired) electrons. The maximum absolute atomic E-state index is 12.4. The molecule has 2 fully saturated rings. The molecular weight excluding hydrogens is 288 g/mol. The Morgan fingerprint density at radius 1 is 1.33 bits per heavy atom. The molecule has 0 aromatic heterocycles. The van der Waals surface area contributed by atoms with E-state index in [0.29, 0.717) is 19.1 Å². The molecule has 2 aliphatic rings. The van der Waals surface area contributed by atoms with Crippen molar-refractivity contribution in [2.24, 2.45) is 5.92 Å². The van der Waals surface area contributed by atoms with Crippen LogP contribution in [-0.2, 0) is 9.53 Å². The molecule has 5 heteroatoms. The van der Waals surface area contributed by atoms with Crippen molar-refractivity contribution >= 4 is 17.5 Å². The Hall–Kier alpha value is -1.10. The van der Waals surface area contributed by atoms with Gasteiger partial charge < -0.3 is 15.4 Å². The maximum Gasteiger partial charge on any atom is 0.250 e. The molecule has 1 amide bonds. The zero-order valence-electron chi connectivity index (χ0n) is 12.0. The summed E-state index contributed by atoms with van der Waals surface area (Å²) < 4.78 is 5.53. The first-order chi connectivity index (χ1) is 10.2. The number of hydrogen-bond donors (Lipinski definition) is 2. The number of halogens is 1. The number of carbonyl (C=O) groups is 1. The van der Waals surface area contributed by atoms with E-state index in [1.54, 1.807) is 0 Å². The number of benzene rings is 1. The van der Waals surface area contributed by atoms with Crippen LogP contribution in [0, 0.1) is 5.92 Å². The van der Waals surface area contributed by atoms with E-state index in [1.807, 2.05) is 24.3 Å². The monoisotopic (exact) mass is 308 g/mol. The van der Waals surface area contributed by atoms with Crippen molar-refractivity contribution in [1.82, 2.24) is 10.6 Å².